The average Bonchev–Trinajstić information content (AvgIpc) is 2.56. The van der Waals surface area contributed by atoms with Gasteiger partial charge in [-0.25, -0.2) is 9.18 Å². The molecule has 8 heteroatoms. The lowest BCUT2D eigenvalue weighted by Gasteiger charge is -2.14. The van der Waals surface area contributed by atoms with Crippen LogP contribution in [0.15, 0.2) is 42.5 Å². The molecule has 132 valence electrons. The predicted molar refractivity (Wildman–Crippen MR) is 92.5 cm³/mol. The summed E-state index contributed by atoms with van der Waals surface area (Å²) < 4.78 is 23.0. The van der Waals surface area contributed by atoms with Crippen LogP contribution in [0.1, 0.15) is 6.92 Å². The molecule has 0 saturated heterocycles. The molecule has 1 amide bonds. The molecule has 0 saturated carbocycles. The fraction of sp³-hybridized carbons (Fsp3) is 0.176. The van der Waals surface area contributed by atoms with Crippen LogP contribution >= 0.6 is 23.2 Å². The Morgan fingerprint density at radius 3 is 2.48 bits per heavy atom. The molecule has 0 aliphatic rings. The van der Waals surface area contributed by atoms with Crippen LogP contribution in [0.4, 0.5) is 10.1 Å². The minimum atomic E-state index is -1.05. The average molecular weight is 386 g/mol. The lowest BCUT2D eigenvalue weighted by Crippen LogP contribution is -2.31. The summed E-state index contributed by atoms with van der Waals surface area (Å²) in [5, 5.41) is 3.19. The Kier molecular flexibility index (Phi) is 6.61. The van der Waals surface area contributed by atoms with E-state index >= 15 is 0 Å². The van der Waals surface area contributed by atoms with Crippen LogP contribution in [0, 0.1) is 5.82 Å². The van der Waals surface area contributed by atoms with Gasteiger partial charge in [0, 0.05) is 10.7 Å². The van der Waals surface area contributed by atoms with Crippen LogP contribution in [0.5, 0.6) is 5.75 Å². The molecule has 0 aromatic heterocycles. The molecule has 25 heavy (non-hydrogen) atoms. The van der Waals surface area contributed by atoms with E-state index in [0.717, 1.165) is 0 Å². The van der Waals surface area contributed by atoms with Crippen LogP contribution < -0.4 is 10.1 Å². The first-order valence-corrected chi connectivity index (χ1v) is 7.94. The Balaban J connectivity index is 1.82. The molecule has 1 N–H and O–H groups in total. The molecule has 0 heterocycles. The number of anilines is 1. The molecule has 2 aromatic carbocycles. The first-order chi connectivity index (χ1) is 11.8. The number of amides is 1. The van der Waals surface area contributed by atoms with Gasteiger partial charge in [-0.1, -0.05) is 23.2 Å². The fourth-order valence-electron chi connectivity index (χ4n) is 1.79. The van der Waals surface area contributed by atoms with Crippen molar-refractivity contribution in [1.29, 1.82) is 0 Å². The third-order valence-electron chi connectivity index (χ3n) is 3.03. The Bertz CT molecular complexity index is 768. The van der Waals surface area contributed by atoms with Gasteiger partial charge in [-0.3, -0.25) is 4.79 Å². The van der Waals surface area contributed by atoms with Gasteiger partial charge in [0.2, 0.25) is 0 Å². The SMILES string of the molecule is C[C@H](OC(=O)COc1ccc(Cl)cc1Cl)C(=O)Nc1ccc(F)cc1. The lowest BCUT2D eigenvalue weighted by molar-refractivity contribution is -0.155. The topological polar surface area (TPSA) is 64.6 Å². The lowest BCUT2D eigenvalue weighted by atomic mass is 10.3. The highest BCUT2D eigenvalue weighted by atomic mass is 35.5. The normalized spacial score (nSPS) is 11.5. The van der Waals surface area contributed by atoms with Gasteiger partial charge in [-0.2, -0.15) is 0 Å². The number of ether oxygens (including phenoxy) is 2. The third-order valence-corrected chi connectivity index (χ3v) is 3.56. The molecular weight excluding hydrogens is 372 g/mol. The smallest absolute Gasteiger partial charge is 0.344 e. The number of esters is 1. The van der Waals surface area contributed by atoms with E-state index in [2.05, 4.69) is 5.32 Å². The van der Waals surface area contributed by atoms with Gasteiger partial charge in [0.15, 0.2) is 12.7 Å². The minimum absolute atomic E-state index is 0.252. The summed E-state index contributed by atoms with van der Waals surface area (Å²) in [6.07, 6.45) is -1.05. The maximum Gasteiger partial charge on any atom is 0.344 e. The molecule has 1 atom stereocenters. The summed E-state index contributed by atoms with van der Waals surface area (Å²) in [6, 6.07) is 9.75. The summed E-state index contributed by atoms with van der Waals surface area (Å²) in [6.45, 7) is 0.988. The fourth-order valence-corrected chi connectivity index (χ4v) is 2.25. The highest BCUT2D eigenvalue weighted by molar-refractivity contribution is 6.35. The summed E-state index contributed by atoms with van der Waals surface area (Å²) in [7, 11) is 0. The van der Waals surface area contributed by atoms with Crippen LogP contribution in [-0.2, 0) is 14.3 Å². The molecule has 0 radical (unpaired) electrons. The van der Waals surface area contributed by atoms with Crippen LogP contribution in [0.2, 0.25) is 10.0 Å². The van der Waals surface area contributed by atoms with Crippen molar-refractivity contribution in [2.24, 2.45) is 0 Å². The number of benzene rings is 2. The molecule has 0 aliphatic heterocycles. The second-order valence-electron chi connectivity index (χ2n) is 4.99. The van der Waals surface area contributed by atoms with E-state index in [9.17, 15) is 14.0 Å². The van der Waals surface area contributed by atoms with Crippen LogP contribution in [-0.4, -0.2) is 24.6 Å². The second kappa shape index (κ2) is 8.69. The summed E-state index contributed by atoms with van der Waals surface area (Å²) in [5.74, 6) is -1.45. The zero-order valence-corrected chi connectivity index (χ0v) is 14.6. The van der Waals surface area contributed by atoms with Crippen LogP contribution in [0.25, 0.3) is 0 Å². The maximum absolute atomic E-state index is 12.8. The quantitative estimate of drug-likeness (QED) is 0.760. The van der Waals surface area contributed by atoms with Crippen molar-refractivity contribution in [2.45, 2.75) is 13.0 Å². The molecule has 2 rings (SSSR count). The van der Waals surface area contributed by atoms with Crippen molar-refractivity contribution in [1.82, 2.24) is 0 Å². The molecule has 0 bridgehead atoms. The van der Waals surface area contributed by atoms with Crippen molar-refractivity contribution >= 4 is 40.8 Å². The van der Waals surface area contributed by atoms with Gasteiger partial charge >= 0.3 is 5.97 Å². The first kappa shape index (κ1) is 19.0. The van der Waals surface area contributed by atoms with E-state index < -0.39 is 30.4 Å². The predicted octanol–water partition coefficient (Wildman–Crippen LogP) is 4.08. The standard InChI is InChI=1S/C17H14Cl2FNO4/c1-10(17(23)21-13-5-3-12(20)4-6-13)25-16(22)9-24-15-7-2-11(18)8-14(15)19/h2-8,10H,9H2,1H3,(H,21,23)/t10-/m0/s1. The van der Waals surface area contributed by atoms with E-state index in [-0.39, 0.29) is 10.8 Å². The van der Waals surface area contributed by atoms with Crippen molar-refractivity contribution in [3.63, 3.8) is 0 Å². The maximum atomic E-state index is 12.8. The molecular formula is C17H14Cl2FNO4. The molecule has 0 fully saturated rings. The van der Waals surface area contributed by atoms with Gasteiger partial charge in [0.05, 0.1) is 5.02 Å². The number of carbonyl (C=O) groups is 2. The van der Waals surface area contributed by atoms with E-state index in [0.29, 0.717) is 10.7 Å². The summed E-state index contributed by atoms with van der Waals surface area (Å²) >= 11 is 11.7. The van der Waals surface area contributed by atoms with E-state index in [4.69, 9.17) is 32.7 Å². The number of hydrogen-bond donors (Lipinski definition) is 1. The number of halogens is 3. The van der Waals surface area contributed by atoms with Crippen molar-refractivity contribution in [2.75, 3.05) is 11.9 Å². The van der Waals surface area contributed by atoms with Gasteiger partial charge in [0.25, 0.3) is 5.91 Å². The first-order valence-electron chi connectivity index (χ1n) is 7.19. The van der Waals surface area contributed by atoms with E-state index in [1.165, 1.54) is 43.3 Å². The highest BCUT2D eigenvalue weighted by Crippen LogP contribution is 2.27. The van der Waals surface area contributed by atoms with Gasteiger partial charge in [-0.05, 0) is 49.4 Å². The van der Waals surface area contributed by atoms with Crippen molar-refractivity contribution in [3.05, 3.63) is 58.3 Å². The van der Waals surface area contributed by atoms with Gasteiger partial charge in [-0.15, -0.1) is 0 Å². The number of rotatable bonds is 6. The van der Waals surface area contributed by atoms with Crippen molar-refractivity contribution < 1.29 is 23.5 Å². The number of nitrogens with one attached hydrogen (secondary N) is 1. The Morgan fingerprint density at radius 1 is 1.16 bits per heavy atom. The number of hydrogen-bond acceptors (Lipinski definition) is 4. The number of carbonyl (C=O) groups excluding carboxylic acids is 2. The minimum Gasteiger partial charge on any atom is -0.480 e. The molecule has 5 nitrogen and oxygen atoms in total. The molecule has 0 spiro atoms. The summed E-state index contributed by atoms with van der Waals surface area (Å²) in [4.78, 5) is 23.7. The zero-order valence-electron chi connectivity index (χ0n) is 13.1. The van der Waals surface area contributed by atoms with Gasteiger partial charge < -0.3 is 14.8 Å². The molecule has 2 aromatic rings. The second-order valence-corrected chi connectivity index (χ2v) is 5.84. The molecule has 0 unspecified atom stereocenters. The highest BCUT2D eigenvalue weighted by Gasteiger charge is 2.18. The molecule has 0 aliphatic carbocycles. The largest absolute Gasteiger partial charge is 0.480 e. The van der Waals surface area contributed by atoms with Crippen LogP contribution in [0.3, 0.4) is 0 Å². The Labute approximate surface area is 153 Å². The Morgan fingerprint density at radius 2 is 1.84 bits per heavy atom. The summed E-state index contributed by atoms with van der Waals surface area (Å²) in [5.41, 5.74) is 0.387. The zero-order chi connectivity index (χ0) is 18.4. The third kappa shape index (κ3) is 5.92. The van der Waals surface area contributed by atoms with E-state index in [1.54, 1.807) is 6.07 Å². The van der Waals surface area contributed by atoms with E-state index in [1.807, 2.05) is 0 Å². The monoisotopic (exact) mass is 385 g/mol. The van der Waals surface area contributed by atoms with Gasteiger partial charge in [0.1, 0.15) is 11.6 Å². The van der Waals surface area contributed by atoms with Crippen molar-refractivity contribution in [3.8, 4) is 5.75 Å². The Hall–Kier alpha value is -2.31.